The zero-order chi connectivity index (χ0) is 66.8. The molecule has 0 fully saturated rings. The molecule has 0 saturated carbocycles. The van der Waals surface area contributed by atoms with E-state index in [1.807, 2.05) is 21.1 Å². The van der Waals surface area contributed by atoms with Crippen molar-refractivity contribution in [1.29, 1.82) is 0 Å². The van der Waals surface area contributed by atoms with Crippen LogP contribution in [0.25, 0.3) is 0 Å². The summed E-state index contributed by atoms with van der Waals surface area (Å²) in [7, 11) is 5.95. The Bertz CT molecular complexity index is 1740. The van der Waals surface area contributed by atoms with E-state index in [0.29, 0.717) is 23.9 Å². The number of carboxylic acids is 1. The monoisotopic (exact) mass is 1290 g/mol. The number of hydrogen-bond acceptors (Lipinski definition) is 8. The molecular formula is C83H151NO8. The van der Waals surface area contributed by atoms with E-state index in [2.05, 4.69) is 86.8 Å². The largest absolute Gasteiger partial charge is 0.545 e. The van der Waals surface area contributed by atoms with Gasteiger partial charge in [-0.15, -0.1) is 0 Å². The van der Waals surface area contributed by atoms with Crippen molar-refractivity contribution in [3.05, 3.63) is 72.9 Å². The van der Waals surface area contributed by atoms with Crippen LogP contribution in [0.1, 0.15) is 380 Å². The number of allylic oxidation sites excluding steroid dienone is 12. The van der Waals surface area contributed by atoms with Gasteiger partial charge in [0.2, 0.25) is 0 Å². The number of hydrogen-bond donors (Lipinski definition) is 0. The Kier molecular flexibility index (Phi) is 70.9. The van der Waals surface area contributed by atoms with Gasteiger partial charge in [0, 0.05) is 12.8 Å². The molecule has 0 heterocycles. The lowest BCUT2D eigenvalue weighted by molar-refractivity contribution is -0.870. The van der Waals surface area contributed by atoms with Crippen molar-refractivity contribution in [2.45, 2.75) is 392 Å². The highest BCUT2D eigenvalue weighted by Gasteiger charge is 2.22. The summed E-state index contributed by atoms with van der Waals surface area (Å²) in [6, 6.07) is 0. The van der Waals surface area contributed by atoms with Gasteiger partial charge in [0.25, 0.3) is 0 Å². The topological polar surface area (TPSA) is 111 Å². The smallest absolute Gasteiger partial charge is 0.306 e. The Morgan fingerprint density at radius 2 is 0.620 bits per heavy atom. The number of ether oxygens (including phenoxy) is 4. The average Bonchev–Trinajstić information content (AvgIpc) is 3.75. The van der Waals surface area contributed by atoms with E-state index < -0.39 is 24.3 Å². The number of rotatable bonds is 74. The van der Waals surface area contributed by atoms with Gasteiger partial charge >= 0.3 is 11.9 Å². The third kappa shape index (κ3) is 74.1. The van der Waals surface area contributed by atoms with Crippen LogP contribution in [0.3, 0.4) is 0 Å². The first-order valence-electron chi connectivity index (χ1n) is 39.6. The maximum Gasteiger partial charge on any atom is 0.306 e. The lowest BCUT2D eigenvalue weighted by atomic mass is 10.0. The third-order valence-electron chi connectivity index (χ3n) is 17.7. The number of likely N-dealkylation sites (N-methyl/N-ethyl adjacent to an activating group) is 1. The fraction of sp³-hybridized carbons (Fsp3) is 0.819. The van der Waals surface area contributed by atoms with Crippen molar-refractivity contribution in [2.24, 2.45) is 0 Å². The first-order valence-corrected chi connectivity index (χ1v) is 39.6. The van der Waals surface area contributed by atoms with Crippen LogP contribution in [-0.2, 0) is 33.3 Å². The summed E-state index contributed by atoms with van der Waals surface area (Å²) >= 11 is 0. The Morgan fingerprint density at radius 1 is 0.337 bits per heavy atom. The van der Waals surface area contributed by atoms with Crippen molar-refractivity contribution in [2.75, 3.05) is 47.5 Å². The van der Waals surface area contributed by atoms with E-state index >= 15 is 0 Å². The second-order valence-corrected chi connectivity index (χ2v) is 28.0. The molecule has 0 spiro atoms. The number of quaternary nitrogens is 1. The van der Waals surface area contributed by atoms with Gasteiger partial charge < -0.3 is 33.3 Å². The number of aliphatic carboxylic acids is 1. The molecular weight excluding hydrogens is 1140 g/mol. The Hall–Kier alpha value is -3.27. The van der Waals surface area contributed by atoms with Crippen molar-refractivity contribution < 1.29 is 42.9 Å². The van der Waals surface area contributed by atoms with Crippen molar-refractivity contribution in [3.8, 4) is 0 Å². The Labute approximate surface area is 570 Å². The number of carbonyl (C=O) groups is 3. The average molecular weight is 1290 g/mol. The van der Waals surface area contributed by atoms with Crippen LogP contribution < -0.4 is 5.11 Å². The predicted octanol–water partition coefficient (Wildman–Crippen LogP) is 23.9. The summed E-state index contributed by atoms with van der Waals surface area (Å²) in [5.41, 5.74) is 0. The minimum Gasteiger partial charge on any atom is -0.545 e. The minimum absolute atomic E-state index is 0.150. The summed E-state index contributed by atoms with van der Waals surface area (Å²) in [6.07, 6.45) is 95.9. The fourth-order valence-corrected chi connectivity index (χ4v) is 11.7. The highest BCUT2D eigenvalue weighted by molar-refractivity contribution is 5.70. The SMILES string of the molecule is CC/C=C\C/C=C\C/C=C\C/C=C\C/C=C\C/C=C\CCCCCCCCCCCCCCCCCCCCCCC(=O)OC(COC(=O)CCCCCCCCCCCCCCCCCCCCCCCCCCCCCC)COC(OCC[N+](C)(C)C)C(=O)[O-]. The molecule has 0 aliphatic heterocycles. The third-order valence-corrected chi connectivity index (χ3v) is 17.7. The van der Waals surface area contributed by atoms with Crippen molar-refractivity contribution >= 4 is 17.9 Å². The zero-order valence-corrected chi connectivity index (χ0v) is 61.4. The van der Waals surface area contributed by atoms with E-state index in [1.54, 1.807) is 0 Å². The maximum absolute atomic E-state index is 13.0. The molecule has 0 aromatic carbocycles. The van der Waals surface area contributed by atoms with Gasteiger partial charge in [-0.25, -0.2) is 0 Å². The molecule has 0 saturated heterocycles. The highest BCUT2D eigenvalue weighted by atomic mass is 16.7. The standard InChI is InChI=1S/C83H151NO8/c1-6-8-10-12-14-16-18-20-22-24-26-28-30-32-34-36-37-38-39-40-41-42-43-44-45-46-48-50-52-54-56-58-60-62-64-66-68-70-72-74-81(86)92-79(78-91-83(82(87)88)89-76-75-84(3,4)5)77-90-80(85)73-71-69-67-65-63-61-59-57-55-53-51-49-47-35-33-31-29-27-25-23-21-19-17-15-13-11-9-7-2/h8,10,14,16,20,22,26,28,32,34,37-38,79,83H,6-7,9,11-13,15,17-19,21,23-25,27,29-31,33,35-36,39-78H2,1-5H3/b10-8-,16-14-,22-20-,28-26-,34-32-,38-37-. The first-order chi connectivity index (χ1) is 45.1. The van der Waals surface area contributed by atoms with E-state index in [0.717, 1.165) is 70.6 Å². The molecule has 2 unspecified atom stereocenters. The fourth-order valence-electron chi connectivity index (χ4n) is 11.7. The molecule has 0 N–H and O–H groups in total. The van der Waals surface area contributed by atoms with Gasteiger partial charge in [0.15, 0.2) is 12.4 Å². The van der Waals surface area contributed by atoms with Gasteiger partial charge in [0.1, 0.15) is 13.2 Å². The highest BCUT2D eigenvalue weighted by Crippen LogP contribution is 2.20. The lowest BCUT2D eigenvalue weighted by Gasteiger charge is -2.26. The number of carboxylic acid groups (broad SMARTS) is 1. The maximum atomic E-state index is 13.0. The summed E-state index contributed by atoms with van der Waals surface area (Å²) in [6.45, 7) is 4.70. The normalized spacial score (nSPS) is 13.0. The summed E-state index contributed by atoms with van der Waals surface area (Å²) in [5, 5.41) is 11.9. The Balaban J connectivity index is 3.99. The molecule has 0 amide bonds. The molecule has 0 aliphatic carbocycles. The molecule has 0 aliphatic rings. The van der Waals surface area contributed by atoms with Gasteiger partial charge in [-0.05, 0) is 64.2 Å². The second-order valence-electron chi connectivity index (χ2n) is 28.0. The van der Waals surface area contributed by atoms with E-state index in [9.17, 15) is 19.5 Å². The van der Waals surface area contributed by atoms with Crippen LogP contribution in [0.5, 0.6) is 0 Å². The minimum atomic E-state index is -1.62. The number of nitrogens with zero attached hydrogens (tertiary/aromatic N) is 1. The quantitative estimate of drug-likeness (QED) is 0.0195. The molecule has 9 heteroatoms. The number of carbonyl (C=O) groups excluding carboxylic acids is 3. The predicted molar refractivity (Wildman–Crippen MR) is 394 cm³/mol. The molecule has 0 aromatic heterocycles. The second kappa shape index (κ2) is 73.5. The van der Waals surface area contributed by atoms with Gasteiger partial charge in [-0.3, -0.25) is 9.59 Å². The molecule has 92 heavy (non-hydrogen) atoms. The molecule has 0 bridgehead atoms. The molecule has 0 rings (SSSR count). The number of esters is 2. The van der Waals surface area contributed by atoms with E-state index in [4.69, 9.17) is 18.9 Å². The molecule has 9 nitrogen and oxygen atoms in total. The van der Waals surface area contributed by atoms with Crippen LogP contribution >= 0.6 is 0 Å². The Morgan fingerprint density at radius 3 is 0.924 bits per heavy atom. The molecule has 2 atom stereocenters. The summed E-state index contributed by atoms with van der Waals surface area (Å²) < 4.78 is 22.9. The molecule has 0 radical (unpaired) electrons. The zero-order valence-electron chi connectivity index (χ0n) is 61.4. The molecule has 536 valence electrons. The van der Waals surface area contributed by atoms with Gasteiger partial charge in [-0.1, -0.05) is 376 Å². The molecule has 0 aromatic rings. The van der Waals surface area contributed by atoms with Crippen LogP contribution in [0.15, 0.2) is 72.9 Å². The van der Waals surface area contributed by atoms with E-state index in [-0.39, 0.29) is 32.2 Å². The van der Waals surface area contributed by atoms with Gasteiger partial charge in [-0.2, -0.15) is 0 Å². The van der Waals surface area contributed by atoms with Crippen LogP contribution in [0.4, 0.5) is 0 Å². The van der Waals surface area contributed by atoms with Gasteiger partial charge in [0.05, 0.1) is 40.3 Å². The first kappa shape index (κ1) is 88.7. The van der Waals surface area contributed by atoms with Crippen LogP contribution in [-0.4, -0.2) is 82.3 Å². The number of unbranched alkanes of at least 4 members (excludes halogenated alkanes) is 47. The lowest BCUT2D eigenvalue weighted by Crippen LogP contribution is -2.44. The summed E-state index contributed by atoms with van der Waals surface area (Å²) in [5.74, 6) is -2.25. The van der Waals surface area contributed by atoms with Crippen LogP contribution in [0.2, 0.25) is 0 Å². The van der Waals surface area contributed by atoms with E-state index in [1.165, 1.54) is 276 Å². The van der Waals surface area contributed by atoms with Crippen molar-refractivity contribution in [1.82, 2.24) is 0 Å². The van der Waals surface area contributed by atoms with Crippen LogP contribution in [0, 0.1) is 0 Å². The summed E-state index contributed by atoms with van der Waals surface area (Å²) in [4.78, 5) is 37.6. The van der Waals surface area contributed by atoms with Crippen molar-refractivity contribution in [3.63, 3.8) is 0 Å².